The van der Waals surface area contributed by atoms with Gasteiger partial charge in [-0.05, 0) is 59.9 Å². The summed E-state index contributed by atoms with van der Waals surface area (Å²) in [4.78, 5) is 12.4. The Morgan fingerprint density at radius 2 is 1.78 bits per heavy atom. The molecule has 0 radical (unpaired) electrons. The molecule has 2 nitrogen and oxygen atoms in total. The average molecular weight is 307 g/mol. The van der Waals surface area contributed by atoms with Gasteiger partial charge in [-0.2, -0.15) is 0 Å². The van der Waals surface area contributed by atoms with E-state index in [1.54, 1.807) is 0 Å². The predicted molar refractivity (Wildman–Crippen MR) is 95.9 cm³/mol. The molecule has 1 aliphatic carbocycles. The van der Waals surface area contributed by atoms with Crippen molar-refractivity contribution in [2.75, 3.05) is 5.32 Å². The van der Waals surface area contributed by atoms with Crippen LogP contribution in [-0.4, -0.2) is 5.91 Å². The van der Waals surface area contributed by atoms with Crippen LogP contribution >= 0.6 is 0 Å². The Morgan fingerprint density at radius 1 is 1.04 bits per heavy atom. The summed E-state index contributed by atoms with van der Waals surface area (Å²) in [6, 6.07) is 14.6. The zero-order valence-corrected chi connectivity index (χ0v) is 14.1. The molecule has 0 heterocycles. The maximum absolute atomic E-state index is 12.4. The van der Waals surface area contributed by atoms with Crippen molar-refractivity contribution in [3.05, 3.63) is 64.7 Å². The maximum Gasteiger partial charge on any atom is 0.228 e. The number of rotatable bonds is 4. The van der Waals surface area contributed by atoms with E-state index in [0.29, 0.717) is 12.3 Å². The number of benzene rings is 2. The number of carbonyl (C=O) groups excluding carboxylic acids is 1. The summed E-state index contributed by atoms with van der Waals surface area (Å²) < 4.78 is 0. The summed E-state index contributed by atoms with van der Waals surface area (Å²) in [6.45, 7) is 4.29. The molecule has 0 fully saturated rings. The Hall–Kier alpha value is -2.09. The molecule has 0 spiro atoms. The van der Waals surface area contributed by atoms with Crippen molar-refractivity contribution in [1.29, 1.82) is 0 Å². The van der Waals surface area contributed by atoms with E-state index in [1.165, 1.54) is 36.0 Å². The van der Waals surface area contributed by atoms with E-state index in [4.69, 9.17) is 0 Å². The minimum atomic E-state index is 0.0638. The lowest BCUT2D eigenvalue weighted by atomic mass is 9.90. The van der Waals surface area contributed by atoms with Crippen LogP contribution in [0.1, 0.15) is 54.9 Å². The molecule has 3 rings (SSSR count). The van der Waals surface area contributed by atoms with E-state index in [9.17, 15) is 4.79 Å². The molecule has 0 atom stereocenters. The Bertz CT molecular complexity index is 703. The highest BCUT2D eigenvalue weighted by molar-refractivity contribution is 5.93. The molecule has 0 aromatic heterocycles. The van der Waals surface area contributed by atoms with Crippen molar-refractivity contribution >= 4 is 11.6 Å². The molecule has 2 aromatic carbocycles. The first kappa shape index (κ1) is 15.8. The number of anilines is 1. The van der Waals surface area contributed by atoms with Crippen molar-refractivity contribution in [1.82, 2.24) is 0 Å². The summed E-state index contributed by atoms with van der Waals surface area (Å²) >= 11 is 0. The first-order valence-corrected chi connectivity index (χ1v) is 8.63. The third kappa shape index (κ3) is 3.82. The molecule has 0 unspecified atom stereocenters. The normalized spacial score (nSPS) is 13.7. The van der Waals surface area contributed by atoms with Gasteiger partial charge in [0.25, 0.3) is 0 Å². The number of fused-ring (bicyclic) bond motifs is 1. The molecule has 0 saturated heterocycles. The highest BCUT2D eigenvalue weighted by atomic mass is 16.1. The standard InChI is InChI=1S/C21H25NO/c1-15(2)19-9-5-6-10-20(19)22-21(23)14-16-11-12-17-7-3-4-8-18(17)13-16/h5-6,9-13,15H,3-4,7-8,14H2,1-2H3,(H,22,23). The fourth-order valence-electron chi connectivity index (χ4n) is 3.39. The van der Waals surface area contributed by atoms with Gasteiger partial charge in [0.15, 0.2) is 0 Å². The highest BCUT2D eigenvalue weighted by Gasteiger charge is 2.12. The van der Waals surface area contributed by atoms with E-state index in [1.807, 2.05) is 18.2 Å². The molecule has 0 aliphatic heterocycles. The smallest absolute Gasteiger partial charge is 0.228 e. The monoisotopic (exact) mass is 307 g/mol. The lowest BCUT2D eigenvalue weighted by Gasteiger charge is -2.17. The number of aryl methyl sites for hydroxylation is 2. The molecule has 2 aromatic rings. The molecule has 0 saturated carbocycles. The third-order valence-corrected chi connectivity index (χ3v) is 4.63. The van der Waals surface area contributed by atoms with E-state index in [0.717, 1.165) is 17.7 Å². The maximum atomic E-state index is 12.4. The van der Waals surface area contributed by atoms with Crippen LogP contribution in [0.2, 0.25) is 0 Å². The Kier molecular flexibility index (Phi) is 4.80. The van der Waals surface area contributed by atoms with Crippen molar-refractivity contribution in [2.45, 2.75) is 51.9 Å². The molecular formula is C21H25NO. The molecule has 1 amide bonds. The number of hydrogen-bond acceptors (Lipinski definition) is 1. The van der Waals surface area contributed by atoms with E-state index in [2.05, 4.69) is 43.4 Å². The van der Waals surface area contributed by atoms with Crippen LogP contribution in [-0.2, 0) is 24.1 Å². The zero-order valence-electron chi connectivity index (χ0n) is 14.1. The quantitative estimate of drug-likeness (QED) is 0.858. The van der Waals surface area contributed by atoms with Crippen molar-refractivity contribution in [3.8, 4) is 0 Å². The lowest BCUT2D eigenvalue weighted by molar-refractivity contribution is -0.115. The SMILES string of the molecule is CC(C)c1ccccc1NC(=O)Cc1ccc2c(c1)CCCC2. The Morgan fingerprint density at radius 3 is 2.57 bits per heavy atom. The summed E-state index contributed by atoms with van der Waals surface area (Å²) in [7, 11) is 0. The van der Waals surface area contributed by atoms with Crippen molar-refractivity contribution in [3.63, 3.8) is 0 Å². The van der Waals surface area contributed by atoms with Gasteiger partial charge in [0, 0.05) is 5.69 Å². The van der Waals surface area contributed by atoms with Gasteiger partial charge in [0.2, 0.25) is 5.91 Å². The average Bonchev–Trinajstić information content (AvgIpc) is 2.55. The van der Waals surface area contributed by atoms with Gasteiger partial charge in [0.05, 0.1) is 6.42 Å². The minimum Gasteiger partial charge on any atom is -0.326 e. The summed E-state index contributed by atoms with van der Waals surface area (Å²) in [6.07, 6.45) is 5.34. The van der Waals surface area contributed by atoms with Crippen LogP contribution in [0.25, 0.3) is 0 Å². The second-order valence-electron chi connectivity index (χ2n) is 6.78. The second kappa shape index (κ2) is 6.99. The number of carbonyl (C=O) groups is 1. The van der Waals surface area contributed by atoms with Gasteiger partial charge in [-0.15, -0.1) is 0 Å². The highest BCUT2D eigenvalue weighted by Crippen LogP contribution is 2.25. The van der Waals surface area contributed by atoms with Gasteiger partial charge in [-0.3, -0.25) is 4.79 Å². The molecule has 120 valence electrons. The van der Waals surface area contributed by atoms with Crippen LogP contribution < -0.4 is 5.32 Å². The first-order valence-electron chi connectivity index (χ1n) is 8.63. The molecule has 1 aliphatic rings. The fraction of sp³-hybridized carbons (Fsp3) is 0.381. The van der Waals surface area contributed by atoms with Crippen LogP contribution in [0.5, 0.6) is 0 Å². The topological polar surface area (TPSA) is 29.1 Å². The molecule has 23 heavy (non-hydrogen) atoms. The van der Waals surface area contributed by atoms with Crippen LogP contribution in [0, 0.1) is 0 Å². The van der Waals surface area contributed by atoms with Crippen LogP contribution in [0.15, 0.2) is 42.5 Å². The van der Waals surface area contributed by atoms with E-state index >= 15 is 0 Å². The van der Waals surface area contributed by atoms with Crippen molar-refractivity contribution < 1.29 is 4.79 Å². The number of hydrogen-bond donors (Lipinski definition) is 1. The number of para-hydroxylation sites is 1. The van der Waals surface area contributed by atoms with Gasteiger partial charge in [-0.1, -0.05) is 50.2 Å². The van der Waals surface area contributed by atoms with E-state index < -0.39 is 0 Å². The third-order valence-electron chi connectivity index (χ3n) is 4.63. The summed E-state index contributed by atoms with van der Waals surface area (Å²) in [5.74, 6) is 0.462. The molecule has 0 bridgehead atoms. The van der Waals surface area contributed by atoms with Crippen molar-refractivity contribution in [2.24, 2.45) is 0 Å². The van der Waals surface area contributed by atoms with Gasteiger partial charge < -0.3 is 5.32 Å². The molecular weight excluding hydrogens is 282 g/mol. The Labute approximate surface area is 138 Å². The van der Waals surface area contributed by atoms with E-state index in [-0.39, 0.29) is 5.91 Å². The van der Waals surface area contributed by atoms with Gasteiger partial charge in [-0.25, -0.2) is 0 Å². The number of nitrogens with one attached hydrogen (secondary N) is 1. The lowest BCUT2D eigenvalue weighted by Crippen LogP contribution is -2.16. The summed E-state index contributed by atoms with van der Waals surface area (Å²) in [5, 5.41) is 3.08. The summed E-state index contributed by atoms with van der Waals surface area (Å²) in [5.41, 5.74) is 6.14. The predicted octanol–water partition coefficient (Wildman–Crippen LogP) is 4.87. The van der Waals surface area contributed by atoms with Crippen LogP contribution in [0.3, 0.4) is 0 Å². The van der Waals surface area contributed by atoms with Gasteiger partial charge in [0.1, 0.15) is 0 Å². The van der Waals surface area contributed by atoms with Crippen LogP contribution in [0.4, 0.5) is 5.69 Å². The fourth-order valence-corrected chi connectivity index (χ4v) is 3.39. The molecule has 1 N–H and O–H groups in total. The van der Waals surface area contributed by atoms with Gasteiger partial charge >= 0.3 is 0 Å². The minimum absolute atomic E-state index is 0.0638. The largest absolute Gasteiger partial charge is 0.326 e. The Balaban J connectivity index is 1.70. The molecule has 2 heteroatoms. The second-order valence-corrected chi connectivity index (χ2v) is 6.78. The zero-order chi connectivity index (χ0) is 16.2. The first-order chi connectivity index (χ1) is 11.1. The number of amides is 1.